The lowest BCUT2D eigenvalue weighted by atomic mass is 10.1. The number of morpholine rings is 1. The molecular weight excluding hydrogens is 208 g/mol. The zero-order valence-corrected chi connectivity index (χ0v) is 10.9. The fraction of sp³-hybridized carbons (Fsp3) is 1.00. The van der Waals surface area contributed by atoms with Crippen molar-refractivity contribution in [3.05, 3.63) is 0 Å². The average molecular weight is 232 g/mol. The van der Waals surface area contributed by atoms with Gasteiger partial charge >= 0.3 is 0 Å². The number of thioether (sulfide) groups is 1. The zero-order chi connectivity index (χ0) is 11.3. The second kappa shape index (κ2) is 6.74. The Morgan fingerprint density at radius 1 is 1.40 bits per heavy atom. The maximum atomic E-state index is 5.84. The number of nitrogens with zero attached hydrogens (tertiary/aromatic N) is 1. The molecule has 0 aromatic carbocycles. The molecule has 1 fully saturated rings. The smallest absolute Gasteiger partial charge is 0.0678 e. The van der Waals surface area contributed by atoms with Crippen molar-refractivity contribution in [3.63, 3.8) is 0 Å². The minimum absolute atomic E-state index is 0.345. The number of nitrogens with two attached hydrogens (primary N) is 1. The van der Waals surface area contributed by atoms with Crippen LogP contribution < -0.4 is 5.73 Å². The van der Waals surface area contributed by atoms with Crippen LogP contribution in [0.4, 0.5) is 0 Å². The predicted molar refractivity (Wildman–Crippen MR) is 67.4 cm³/mol. The molecule has 4 heteroatoms. The van der Waals surface area contributed by atoms with E-state index in [9.17, 15) is 0 Å². The molecule has 15 heavy (non-hydrogen) atoms. The monoisotopic (exact) mass is 232 g/mol. The van der Waals surface area contributed by atoms with Crippen LogP contribution in [0.15, 0.2) is 0 Å². The van der Waals surface area contributed by atoms with Crippen LogP contribution >= 0.6 is 11.8 Å². The molecule has 2 N–H and O–H groups in total. The highest BCUT2D eigenvalue weighted by Crippen LogP contribution is 2.16. The van der Waals surface area contributed by atoms with Crippen molar-refractivity contribution in [2.24, 2.45) is 5.73 Å². The predicted octanol–water partition coefficient (Wildman–Crippen LogP) is 1.18. The van der Waals surface area contributed by atoms with Gasteiger partial charge in [0.15, 0.2) is 0 Å². The first-order chi connectivity index (χ1) is 7.17. The molecule has 90 valence electrons. The second-order valence-electron chi connectivity index (χ2n) is 4.38. The van der Waals surface area contributed by atoms with Gasteiger partial charge in [-0.15, -0.1) is 0 Å². The molecule has 0 amide bonds. The number of ether oxygens (including phenoxy) is 1. The molecular formula is C11H24N2OS. The molecule has 1 aliphatic rings. The van der Waals surface area contributed by atoms with E-state index in [1.165, 1.54) is 12.2 Å². The Hall–Kier alpha value is 0.230. The van der Waals surface area contributed by atoms with Gasteiger partial charge in [-0.1, -0.05) is 0 Å². The van der Waals surface area contributed by atoms with Gasteiger partial charge in [0, 0.05) is 25.7 Å². The Labute approximate surface area is 97.7 Å². The van der Waals surface area contributed by atoms with Crippen molar-refractivity contribution in [2.75, 3.05) is 31.6 Å². The van der Waals surface area contributed by atoms with E-state index in [2.05, 4.69) is 25.0 Å². The molecule has 0 spiro atoms. The van der Waals surface area contributed by atoms with Crippen LogP contribution in [-0.2, 0) is 4.74 Å². The minimum Gasteiger partial charge on any atom is -0.373 e. The van der Waals surface area contributed by atoms with Crippen LogP contribution in [0.5, 0.6) is 0 Å². The van der Waals surface area contributed by atoms with Gasteiger partial charge in [0.25, 0.3) is 0 Å². The molecule has 0 aliphatic carbocycles. The summed E-state index contributed by atoms with van der Waals surface area (Å²) in [6.07, 6.45) is 4.03. The fourth-order valence-corrected chi connectivity index (χ4v) is 2.73. The summed E-state index contributed by atoms with van der Waals surface area (Å²) in [6.45, 7) is 7.11. The van der Waals surface area contributed by atoms with Gasteiger partial charge in [-0.05, 0) is 32.3 Å². The fourth-order valence-electron chi connectivity index (χ4n) is 2.22. The Morgan fingerprint density at radius 2 is 2.00 bits per heavy atom. The summed E-state index contributed by atoms with van der Waals surface area (Å²) in [5, 5.41) is 0. The van der Waals surface area contributed by atoms with Crippen LogP contribution in [0.25, 0.3) is 0 Å². The first-order valence-electron chi connectivity index (χ1n) is 5.75. The molecule has 0 radical (unpaired) electrons. The second-order valence-corrected chi connectivity index (χ2v) is 5.37. The topological polar surface area (TPSA) is 38.5 Å². The maximum absolute atomic E-state index is 5.84. The third kappa shape index (κ3) is 4.31. The largest absolute Gasteiger partial charge is 0.373 e. The van der Waals surface area contributed by atoms with Crippen molar-refractivity contribution in [3.8, 4) is 0 Å². The van der Waals surface area contributed by atoms with Crippen LogP contribution in [0.2, 0.25) is 0 Å². The van der Waals surface area contributed by atoms with Gasteiger partial charge in [-0.2, -0.15) is 11.8 Å². The van der Waals surface area contributed by atoms with Crippen LogP contribution in [-0.4, -0.2) is 54.8 Å². The normalized spacial score (nSPS) is 30.4. The first-order valence-corrected chi connectivity index (χ1v) is 7.15. The van der Waals surface area contributed by atoms with Crippen molar-refractivity contribution in [1.82, 2.24) is 4.90 Å². The number of hydrogen-bond acceptors (Lipinski definition) is 4. The van der Waals surface area contributed by atoms with Gasteiger partial charge in [0.1, 0.15) is 0 Å². The Kier molecular flexibility index (Phi) is 5.97. The summed E-state index contributed by atoms with van der Waals surface area (Å²) in [5.41, 5.74) is 5.84. The molecule has 1 saturated heterocycles. The molecule has 3 atom stereocenters. The van der Waals surface area contributed by atoms with Crippen molar-refractivity contribution >= 4 is 11.8 Å². The standard InChI is InChI=1S/C11H24N2OS/c1-9-7-13(8-10(2)14-9)11(6-12)4-5-15-3/h9-11H,4-8,12H2,1-3H3. The summed E-state index contributed by atoms with van der Waals surface area (Å²) >= 11 is 1.90. The van der Waals surface area contributed by atoms with Crippen molar-refractivity contribution in [2.45, 2.75) is 38.5 Å². The SMILES string of the molecule is CSCCC(CN)N1CC(C)OC(C)C1. The third-order valence-corrected chi connectivity index (χ3v) is 3.54. The highest BCUT2D eigenvalue weighted by molar-refractivity contribution is 7.98. The number of hydrogen-bond donors (Lipinski definition) is 1. The van der Waals surface area contributed by atoms with Gasteiger partial charge < -0.3 is 10.5 Å². The lowest BCUT2D eigenvalue weighted by Crippen LogP contribution is -2.52. The van der Waals surface area contributed by atoms with E-state index >= 15 is 0 Å². The lowest BCUT2D eigenvalue weighted by molar-refractivity contribution is -0.0795. The molecule has 0 saturated carbocycles. The lowest BCUT2D eigenvalue weighted by Gasteiger charge is -2.39. The molecule has 1 rings (SSSR count). The highest BCUT2D eigenvalue weighted by Gasteiger charge is 2.26. The van der Waals surface area contributed by atoms with E-state index < -0.39 is 0 Å². The Morgan fingerprint density at radius 3 is 2.47 bits per heavy atom. The molecule has 1 aliphatic heterocycles. The van der Waals surface area contributed by atoms with E-state index in [1.807, 2.05) is 11.8 Å². The quantitative estimate of drug-likeness (QED) is 0.772. The molecule has 0 bridgehead atoms. The van der Waals surface area contributed by atoms with Gasteiger partial charge in [-0.25, -0.2) is 0 Å². The Balaban J connectivity index is 2.43. The minimum atomic E-state index is 0.345. The van der Waals surface area contributed by atoms with E-state index in [-0.39, 0.29) is 0 Å². The van der Waals surface area contributed by atoms with Crippen LogP contribution in [0, 0.1) is 0 Å². The zero-order valence-electron chi connectivity index (χ0n) is 10.1. The molecule has 3 nitrogen and oxygen atoms in total. The van der Waals surface area contributed by atoms with Crippen molar-refractivity contribution < 1.29 is 4.74 Å². The molecule has 3 unspecified atom stereocenters. The van der Waals surface area contributed by atoms with E-state index in [0.717, 1.165) is 19.6 Å². The molecule has 0 aromatic heterocycles. The average Bonchev–Trinajstić information content (AvgIpc) is 2.17. The summed E-state index contributed by atoms with van der Waals surface area (Å²) in [7, 11) is 0. The van der Waals surface area contributed by atoms with Crippen LogP contribution in [0.1, 0.15) is 20.3 Å². The van der Waals surface area contributed by atoms with Gasteiger partial charge in [0.05, 0.1) is 12.2 Å². The highest BCUT2D eigenvalue weighted by atomic mass is 32.2. The van der Waals surface area contributed by atoms with E-state index in [4.69, 9.17) is 10.5 Å². The van der Waals surface area contributed by atoms with Gasteiger partial charge in [-0.3, -0.25) is 4.90 Å². The summed E-state index contributed by atoms with van der Waals surface area (Å²) in [6, 6.07) is 0.534. The summed E-state index contributed by atoms with van der Waals surface area (Å²) < 4.78 is 5.73. The molecule has 0 aromatic rings. The first kappa shape index (κ1) is 13.3. The third-order valence-electron chi connectivity index (χ3n) is 2.89. The van der Waals surface area contributed by atoms with Crippen molar-refractivity contribution in [1.29, 1.82) is 0 Å². The summed E-state index contributed by atoms with van der Waals surface area (Å²) in [5.74, 6) is 1.20. The number of rotatable bonds is 5. The molecule has 1 heterocycles. The van der Waals surface area contributed by atoms with Crippen LogP contribution in [0.3, 0.4) is 0 Å². The maximum Gasteiger partial charge on any atom is 0.0678 e. The Bertz CT molecular complexity index is 170. The van der Waals surface area contributed by atoms with Gasteiger partial charge in [0.2, 0.25) is 0 Å². The van der Waals surface area contributed by atoms with E-state index in [0.29, 0.717) is 18.2 Å². The van der Waals surface area contributed by atoms with E-state index in [1.54, 1.807) is 0 Å². The summed E-state index contributed by atoms with van der Waals surface area (Å²) in [4.78, 5) is 2.50.